The summed E-state index contributed by atoms with van der Waals surface area (Å²) < 4.78 is 13.9. The Bertz CT molecular complexity index is 618. The quantitative estimate of drug-likeness (QED) is 0.662. The van der Waals surface area contributed by atoms with Gasteiger partial charge in [-0.05, 0) is 31.2 Å². The van der Waals surface area contributed by atoms with Gasteiger partial charge < -0.3 is 5.32 Å². The van der Waals surface area contributed by atoms with E-state index in [0.717, 1.165) is 10.9 Å². The highest BCUT2D eigenvalue weighted by molar-refractivity contribution is 7.16. The number of halogens is 2. The Morgan fingerprint density at radius 1 is 1.42 bits per heavy atom. The van der Waals surface area contributed by atoms with E-state index in [0.29, 0.717) is 10.0 Å². The fraction of sp³-hybridized carbons (Fsp3) is 0.167. The summed E-state index contributed by atoms with van der Waals surface area (Å²) in [6, 6.07) is 7.32. The molecule has 0 aliphatic carbocycles. The molecule has 0 radical (unpaired) electrons. The third-order valence-corrected chi connectivity index (χ3v) is 3.96. The van der Waals surface area contributed by atoms with Crippen molar-refractivity contribution in [1.82, 2.24) is 0 Å². The molecule has 19 heavy (non-hydrogen) atoms. The Hall–Kier alpha value is -1.66. The zero-order chi connectivity index (χ0) is 14.0. The number of hydrogen-bond acceptors (Lipinski definition) is 4. The highest BCUT2D eigenvalue weighted by Crippen LogP contribution is 2.30. The third-order valence-electron chi connectivity index (χ3n) is 2.55. The lowest BCUT2D eigenvalue weighted by atomic mass is 10.2. The molecular weight excluding hydrogens is 291 g/mol. The zero-order valence-corrected chi connectivity index (χ0v) is 11.5. The smallest absolute Gasteiger partial charge is 0.306 e. The van der Waals surface area contributed by atoms with Crippen molar-refractivity contribution in [3.05, 3.63) is 55.5 Å². The van der Waals surface area contributed by atoms with Crippen molar-refractivity contribution >= 4 is 34.3 Å². The molecule has 0 bridgehead atoms. The maximum atomic E-state index is 13.2. The monoisotopic (exact) mass is 300 g/mol. The van der Waals surface area contributed by atoms with Crippen LogP contribution in [0.1, 0.15) is 17.8 Å². The van der Waals surface area contributed by atoms with Crippen LogP contribution in [0.3, 0.4) is 0 Å². The second-order valence-corrected chi connectivity index (χ2v) is 5.68. The first-order valence-corrected chi connectivity index (χ1v) is 6.62. The van der Waals surface area contributed by atoms with E-state index in [9.17, 15) is 14.5 Å². The maximum absolute atomic E-state index is 13.2. The van der Waals surface area contributed by atoms with Crippen LogP contribution < -0.4 is 5.32 Å². The van der Waals surface area contributed by atoms with E-state index < -0.39 is 16.4 Å². The molecule has 2 aromatic rings. The molecule has 0 saturated carbocycles. The van der Waals surface area contributed by atoms with Gasteiger partial charge >= 0.3 is 5.69 Å². The molecule has 4 nitrogen and oxygen atoms in total. The number of thiophene rings is 1. The van der Waals surface area contributed by atoms with Crippen LogP contribution in [0.25, 0.3) is 0 Å². The molecule has 1 aromatic carbocycles. The predicted molar refractivity (Wildman–Crippen MR) is 74.4 cm³/mol. The SMILES string of the molecule is CC(Nc1ccc(F)c([N+](=O)[O-])c1)c1ccc(Cl)s1. The molecule has 1 unspecified atom stereocenters. The van der Waals surface area contributed by atoms with E-state index in [2.05, 4.69) is 5.32 Å². The lowest BCUT2D eigenvalue weighted by Gasteiger charge is -2.13. The summed E-state index contributed by atoms with van der Waals surface area (Å²) in [6.45, 7) is 1.90. The predicted octanol–water partition coefficient (Wildman–Crippen LogP) is 4.62. The fourth-order valence-electron chi connectivity index (χ4n) is 1.62. The van der Waals surface area contributed by atoms with Gasteiger partial charge in [0.05, 0.1) is 15.3 Å². The molecule has 0 fully saturated rings. The van der Waals surface area contributed by atoms with Crippen LogP contribution in [0.2, 0.25) is 4.34 Å². The Labute approximate surface area is 118 Å². The van der Waals surface area contributed by atoms with Gasteiger partial charge in [-0.2, -0.15) is 4.39 Å². The molecule has 0 saturated heterocycles. The van der Waals surface area contributed by atoms with E-state index in [1.54, 1.807) is 6.07 Å². The third kappa shape index (κ3) is 3.21. The van der Waals surface area contributed by atoms with Crippen molar-refractivity contribution in [2.75, 3.05) is 5.32 Å². The summed E-state index contributed by atoms with van der Waals surface area (Å²) >= 11 is 7.27. The lowest BCUT2D eigenvalue weighted by Crippen LogP contribution is -2.05. The number of benzene rings is 1. The van der Waals surface area contributed by atoms with Crippen molar-refractivity contribution in [2.24, 2.45) is 0 Å². The molecule has 0 spiro atoms. The molecule has 0 aliphatic heterocycles. The molecule has 1 atom stereocenters. The summed E-state index contributed by atoms with van der Waals surface area (Å²) in [5, 5.41) is 13.7. The number of nitro groups is 1. The van der Waals surface area contributed by atoms with Crippen molar-refractivity contribution in [2.45, 2.75) is 13.0 Å². The largest absolute Gasteiger partial charge is 0.377 e. The Balaban J connectivity index is 2.19. The number of rotatable bonds is 4. The minimum absolute atomic E-state index is 0.0671. The lowest BCUT2D eigenvalue weighted by molar-refractivity contribution is -0.387. The Morgan fingerprint density at radius 2 is 2.16 bits per heavy atom. The molecular formula is C12H10ClFN2O2S. The van der Waals surface area contributed by atoms with Crippen LogP contribution in [0.15, 0.2) is 30.3 Å². The number of nitrogens with one attached hydrogen (secondary N) is 1. The average Bonchev–Trinajstić information content (AvgIpc) is 2.78. The van der Waals surface area contributed by atoms with Crippen LogP contribution in [0.5, 0.6) is 0 Å². The standard InChI is InChI=1S/C12H10ClFN2O2S/c1-7(11-4-5-12(13)19-11)15-8-2-3-9(14)10(6-8)16(17)18/h2-7,15H,1H3. The minimum Gasteiger partial charge on any atom is -0.377 e. The van der Waals surface area contributed by atoms with Crippen molar-refractivity contribution in [1.29, 1.82) is 0 Å². The molecule has 7 heteroatoms. The molecule has 1 aromatic heterocycles. The molecule has 1 heterocycles. The van der Waals surface area contributed by atoms with Gasteiger partial charge in [0.15, 0.2) is 0 Å². The highest BCUT2D eigenvalue weighted by atomic mass is 35.5. The number of nitrogens with zero attached hydrogens (tertiary/aromatic N) is 1. The normalized spacial score (nSPS) is 12.2. The van der Waals surface area contributed by atoms with Crippen molar-refractivity contribution < 1.29 is 9.31 Å². The molecule has 2 rings (SSSR count). The summed E-state index contributed by atoms with van der Waals surface area (Å²) in [4.78, 5) is 10.9. The maximum Gasteiger partial charge on any atom is 0.306 e. The van der Waals surface area contributed by atoms with Gasteiger partial charge in [0.1, 0.15) is 0 Å². The van der Waals surface area contributed by atoms with Crippen LogP contribution in [-0.2, 0) is 0 Å². The first-order valence-electron chi connectivity index (χ1n) is 5.43. The van der Waals surface area contributed by atoms with E-state index in [1.807, 2.05) is 13.0 Å². The molecule has 1 N–H and O–H groups in total. The van der Waals surface area contributed by atoms with Gasteiger partial charge in [-0.1, -0.05) is 11.6 Å². The van der Waals surface area contributed by atoms with Crippen LogP contribution >= 0.6 is 22.9 Å². The van der Waals surface area contributed by atoms with E-state index in [1.165, 1.54) is 23.5 Å². The van der Waals surface area contributed by atoms with Gasteiger partial charge in [-0.25, -0.2) is 0 Å². The zero-order valence-electron chi connectivity index (χ0n) is 9.89. The fourth-order valence-corrected chi connectivity index (χ4v) is 2.69. The Morgan fingerprint density at radius 3 is 2.74 bits per heavy atom. The molecule has 0 amide bonds. The topological polar surface area (TPSA) is 55.2 Å². The van der Waals surface area contributed by atoms with Crippen LogP contribution in [0, 0.1) is 15.9 Å². The van der Waals surface area contributed by atoms with Gasteiger partial charge in [0.25, 0.3) is 0 Å². The number of hydrogen-bond donors (Lipinski definition) is 1. The van der Waals surface area contributed by atoms with Crippen LogP contribution in [0.4, 0.5) is 15.8 Å². The summed E-state index contributed by atoms with van der Waals surface area (Å²) in [5.74, 6) is -0.845. The first-order chi connectivity index (χ1) is 8.97. The van der Waals surface area contributed by atoms with E-state index >= 15 is 0 Å². The minimum atomic E-state index is -0.845. The second kappa shape index (κ2) is 5.54. The van der Waals surface area contributed by atoms with Gasteiger partial charge in [0.2, 0.25) is 5.82 Å². The molecule has 0 aliphatic rings. The van der Waals surface area contributed by atoms with Crippen LogP contribution in [-0.4, -0.2) is 4.92 Å². The summed E-state index contributed by atoms with van der Waals surface area (Å²) in [5.41, 5.74) is -0.0495. The van der Waals surface area contributed by atoms with Gasteiger partial charge in [0, 0.05) is 16.6 Å². The van der Waals surface area contributed by atoms with Gasteiger partial charge in [-0.3, -0.25) is 10.1 Å². The summed E-state index contributed by atoms with van der Waals surface area (Å²) in [7, 11) is 0. The Kier molecular flexibility index (Phi) is 4.01. The second-order valence-electron chi connectivity index (χ2n) is 3.93. The van der Waals surface area contributed by atoms with E-state index in [4.69, 9.17) is 11.6 Å². The molecule has 100 valence electrons. The average molecular weight is 301 g/mol. The number of nitro benzene ring substituents is 1. The highest BCUT2D eigenvalue weighted by Gasteiger charge is 2.15. The van der Waals surface area contributed by atoms with Gasteiger partial charge in [-0.15, -0.1) is 11.3 Å². The van der Waals surface area contributed by atoms with Crippen molar-refractivity contribution in [3.8, 4) is 0 Å². The van der Waals surface area contributed by atoms with Crippen molar-refractivity contribution in [3.63, 3.8) is 0 Å². The first kappa shape index (κ1) is 13.8. The number of anilines is 1. The van der Waals surface area contributed by atoms with E-state index in [-0.39, 0.29) is 6.04 Å². The summed E-state index contributed by atoms with van der Waals surface area (Å²) in [6.07, 6.45) is 0.